The molecule has 1 aliphatic heterocycles. The molecular formula is C21H20ClF4NO4. The van der Waals surface area contributed by atoms with Crippen LogP contribution in [0.4, 0.5) is 17.6 Å². The maximum Gasteiger partial charge on any atom is 0.524 e. The van der Waals surface area contributed by atoms with Crippen molar-refractivity contribution in [2.75, 3.05) is 13.2 Å². The number of aromatic carboxylic acids is 1. The van der Waals surface area contributed by atoms with E-state index >= 15 is 0 Å². The number of halogens is 5. The lowest BCUT2D eigenvalue weighted by atomic mass is 9.95. The van der Waals surface area contributed by atoms with Gasteiger partial charge in [-0.1, -0.05) is 30.3 Å². The summed E-state index contributed by atoms with van der Waals surface area (Å²) in [6.07, 6.45) is -5.86. The van der Waals surface area contributed by atoms with Gasteiger partial charge in [-0.15, -0.1) is 24.8 Å². The van der Waals surface area contributed by atoms with E-state index in [1.165, 1.54) is 11.0 Å². The molecule has 0 bridgehead atoms. The lowest BCUT2D eigenvalue weighted by Crippen LogP contribution is -2.54. The van der Waals surface area contributed by atoms with Gasteiger partial charge in [0, 0.05) is 19.0 Å². The zero-order valence-corrected chi connectivity index (χ0v) is 16.9. The molecule has 0 saturated carbocycles. The van der Waals surface area contributed by atoms with Crippen LogP contribution in [0.3, 0.4) is 0 Å². The highest BCUT2D eigenvalue weighted by Gasteiger charge is 2.44. The first-order chi connectivity index (χ1) is 14.6. The zero-order chi connectivity index (χ0) is 22.6. The van der Waals surface area contributed by atoms with Crippen molar-refractivity contribution in [1.29, 1.82) is 0 Å². The van der Waals surface area contributed by atoms with E-state index in [0.717, 1.165) is 17.7 Å². The molecule has 168 valence electrons. The molecule has 0 amide bonds. The molecule has 1 N–H and O–H groups in total. The van der Waals surface area contributed by atoms with Gasteiger partial charge in [0.25, 0.3) is 0 Å². The summed E-state index contributed by atoms with van der Waals surface area (Å²) in [5.41, 5.74) is 0.264. The Labute approximate surface area is 181 Å². The average molecular weight is 462 g/mol. The highest BCUT2D eigenvalue weighted by molar-refractivity contribution is 6.21. The van der Waals surface area contributed by atoms with Crippen molar-refractivity contribution >= 4 is 17.6 Å². The third-order valence-corrected chi connectivity index (χ3v) is 5.56. The second-order valence-electron chi connectivity index (χ2n) is 7.16. The SMILES string of the molecule is O=C(O)c1cc(OCC2CCN(Cc3ccccc3)C(OC(F)(F)F)C2Cl)ccc1F. The Hall–Kier alpha value is -2.36. The fourth-order valence-corrected chi connectivity index (χ4v) is 3.86. The summed E-state index contributed by atoms with van der Waals surface area (Å²) >= 11 is 6.39. The fourth-order valence-electron chi connectivity index (χ4n) is 3.45. The van der Waals surface area contributed by atoms with E-state index in [2.05, 4.69) is 4.74 Å². The van der Waals surface area contributed by atoms with Crippen LogP contribution in [-0.4, -0.2) is 47.1 Å². The Morgan fingerprint density at radius 2 is 1.90 bits per heavy atom. The van der Waals surface area contributed by atoms with Gasteiger partial charge in [0.15, 0.2) is 0 Å². The van der Waals surface area contributed by atoms with Gasteiger partial charge in [-0.2, -0.15) is 0 Å². The Bertz CT molecular complexity index is 897. The number of carbonyl (C=O) groups is 1. The summed E-state index contributed by atoms with van der Waals surface area (Å²) in [5.74, 6) is -2.78. The number of benzene rings is 2. The molecule has 31 heavy (non-hydrogen) atoms. The normalized spacial score (nSPS) is 22.3. The van der Waals surface area contributed by atoms with Gasteiger partial charge in [-0.25, -0.2) is 9.18 Å². The molecule has 0 spiro atoms. The van der Waals surface area contributed by atoms with Crippen LogP contribution in [-0.2, 0) is 11.3 Å². The minimum Gasteiger partial charge on any atom is -0.493 e. The summed E-state index contributed by atoms with van der Waals surface area (Å²) in [5, 5.41) is 7.95. The molecule has 2 aromatic carbocycles. The van der Waals surface area contributed by atoms with Gasteiger partial charge in [-0.05, 0) is 30.2 Å². The van der Waals surface area contributed by atoms with Gasteiger partial charge in [0.2, 0.25) is 0 Å². The first kappa shape index (κ1) is 23.3. The molecule has 1 fully saturated rings. The Morgan fingerprint density at radius 1 is 1.19 bits per heavy atom. The largest absolute Gasteiger partial charge is 0.524 e. The number of nitrogens with zero attached hydrogens (tertiary/aromatic N) is 1. The second kappa shape index (κ2) is 9.84. The molecule has 1 heterocycles. The van der Waals surface area contributed by atoms with Crippen molar-refractivity contribution in [2.45, 2.75) is 30.9 Å². The smallest absolute Gasteiger partial charge is 0.493 e. The standard InChI is InChI=1S/C21H20ClF4NO4/c22-18-14(12-30-15-6-7-17(23)16(10-15)20(28)29)8-9-27(19(18)31-21(24,25)26)11-13-4-2-1-3-5-13/h1-7,10,14,18-19H,8-9,11-12H2,(H,28,29). The number of carboxylic acids is 1. The van der Waals surface area contributed by atoms with Gasteiger partial charge in [-0.3, -0.25) is 9.64 Å². The Balaban J connectivity index is 1.70. The molecular weight excluding hydrogens is 442 g/mol. The Morgan fingerprint density at radius 3 is 2.55 bits per heavy atom. The molecule has 3 atom stereocenters. The van der Waals surface area contributed by atoms with E-state index in [1.807, 2.05) is 6.07 Å². The molecule has 0 radical (unpaired) electrons. The van der Waals surface area contributed by atoms with Crippen molar-refractivity contribution in [2.24, 2.45) is 5.92 Å². The molecule has 3 rings (SSSR count). The monoisotopic (exact) mass is 461 g/mol. The van der Waals surface area contributed by atoms with Crippen molar-refractivity contribution in [3.63, 3.8) is 0 Å². The summed E-state index contributed by atoms with van der Waals surface area (Å²) < 4.78 is 62.5. The third kappa shape index (κ3) is 6.32. The van der Waals surface area contributed by atoms with E-state index in [4.69, 9.17) is 21.4 Å². The summed E-state index contributed by atoms with van der Waals surface area (Å²) in [6.45, 7) is 0.449. The predicted molar refractivity (Wildman–Crippen MR) is 104 cm³/mol. The lowest BCUT2D eigenvalue weighted by Gasteiger charge is -2.42. The second-order valence-corrected chi connectivity index (χ2v) is 7.67. The molecule has 0 aromatic heterocycles. The van der Waals surface area contributed by atoms with Gasteiger partial charge in [0.05, 0.1) is 17.5 Å². The van der Waals surface area contributed by atoms with Crippen LogP contribution in [0.5, 0.6) is 5.75 Å². The van der Waals surface area contributed by atoms with Crippen molar-refractivity contribution in [3.8, 4) is 5.75 Å². The Kier molecular flexibility index (Phi) is 7.40. The number of carboxylic acid groups (broad SMARTS) is 1. The van der Waals surface area contributed by atoms with Crippen LogP contribution >= 0.6 is 11.6 Å². The maximum absolute atomic E-state index is 13.5. The van der Waals surface area contributed by atoms with Crippen LogP contribution in [0.25, 0.3) is 0 Å². The molecule has 0 aliphatic carbocycles. The number of alkyl halides is 4. The molecule has 1 aliphatic rings. The minimum absolute atomic E-state index is 0.0737. The molecule has 5 nitrogen and oxygen atoms in total. The molecule has 3 unspecified atom stereocenters. The quantitative estimate of drug-likeness (QED) is 0.470. The first-order valence-corrected chi connectivity index (χ1v) is 9.90. The summed E-state index contributed by atoms with van der Waals surface area (Å²) in [7, 11) is 0. The summed E-state index contributed by atoms with van der Waals surface area (Å²) in [6, 6.07) is 12.2. The molecule has 1 saturated heterocycles. The van der Waals surface area contributed by atoms with E-state index in [0.29, 0.717) is 6.42 Å². The zero-order valence-electron chi connectivity index (χ0n) is 16.2. The van der Waals surface area contributed by atoms with Crippen molar-refractivity contribution in [3.05, 3.63) is 65.5 Å². The van der Waals surface area contributed by atoms with Gasteiger partial charge in [0.1, 0.15) is 17.8 Å². The van der Waals surface area contributed by atoms with Crippen LogP contribution in [0, 0.1) is 11.7 Å². The van der Waals surface area contributed by atoms with Crippen molar-refractivity contribution < 1.29 is 36.9 Å². The highest BCUT2D eigenvalue weighted by Crippen LogP contribution is 2.34. The number of rotatable bonds is 7. The topological polar surface area (TPSA) is 59.0 Å². The number of ether oxygens (including phenoxy) is 2. The average Bonchev–Trinajstić information content (AvgIpc) is 2.71. The maximum atomic E-state index is 13.5. The van der Waals surface area contributed by atoms with E-state index in [-0.39, 0.29) is 25.4 Å². The van der Waals surface area contributed by atoms with E-state index in [9.17, 15) is 22.4 Å². The number of hydrogen-bond donors (Lipinski definition) is 1. The van der Waals surface area contributed by atoms with Crippen LogP contribution in [0.2, 0.25) is 0 Å². The minimum atomic E-state index is -4.87. The van der Waals surface area contributed by atoms with Gasteiger partial charge < -0.3 is 9.84 Å². The van der Waals surface area contributed by atoms with Crippen molar-refractivity contribution in [1.82, 2.24) is 4.90 Å². The molecule has 2 aromatic rings. The predicted octanol–water partition coefficient (Wildman–Crippen LogP) is 4.89. The van der Waals surface area contributed by atoms with Crippen LogP contribution in [0.1, 0.15) is 22.3 Å². The first-order valence-electron chi connectivity index (χ1n) is 9.46. The van der Waals surface area contributed by atoms with Gasteiger partial charge >= 0.3 is 12.3 Å². The fraction of sp³-hybridized carbons (Fsp3) is 0.381. The number of likely N-dealkylation sites (tertiary alicyclic amines) is 1. The van der Waals surface area contributed by atoms with E-state index in [1.54, 1.807) is 24.3 Å². The number of hydrogen-bond acceptors (Lipinski definition) is 4. The summed E-state index contributed by atoms with van der Waals surface area (Å²) in [4.78, 5) is 12.6. The van der Waals surface area contributed by atoms with E-state index < -0.39 is 41.2 Å². The van der Waals surface area contributed by atoms with Crippen LogP contribution < -0.4 is 4.74 Å². The molecule has 10 heteroatoms. The van der Waals surface area contributed by atoms with Crippen LogP contribution in [0.15, 0.2) is 48.5 Å². The lowest BCUT2D eigenvalue weighted by molar-refractivity contribution is -0.365. The highest BCUT2D eigenvalue weighted by atomic mass is 35.5. The third-order valence-electron chi connectivity index (χ3n) is 4.98. The number of piperidine rings is 1.